The Morgan fingerprint density at radius 2 is 2.00 bits per heavy atom. The minimum Gasteiger partial charge on any atom is -0.344 e. The van der Waals surface area contributed by atoms with E-state index in [1.165, 1.54) is 5.56 Å². The lowest BCUT2D eigenvalue weighted by atomic mass is 10.0. The van der Waals surface area contributed by atoms with Gasteiger partial charge in [-0.25, -0.2) is 0 Å². The monoisotopic (exact) mass is 462 g/mol. The number of nitrogens with zero attached hydrogens (tertiary/aromatic N) is 2. The molecule has 1 amide bonds. The van der Waals surface area contributed by atoms with E-state index >= 15 is 0 Å². The molecule has 164 valence electrons. The third-order valence-electron chi connectivity index (χ3n) is 5.45. The molecule has 0 radical (unpaired) electrons. The first-order valence-electron chi connectivity index (χ1n) is 10.7. The highest BCUT2D eigenvalue weighted by Crippen LogP contribution is 2.27. The molecular formula is C25H26N4OS2. The van der Waals surface area contributed by atoms with Crippen LogP contribution in [0, 0.1) is 11.7 Å². The molecule has 7 heteroatoms. The summed E-state index contributed by atoms with van der Waals surface area (Å²) in [5.74, 6) is 0.720. The van der Waals surface area contributed by atoms with Crippen molar-refractivity contribution in [3.8, 4) is 11.4 Å². The van der Waals surface area contributed by atoms with Crippen molar-refractivity contribution in [2.75, 3.05) is 0 Å². The van der Waals surface area contributed by atoms with Crippen LogP contribution in [0.5, 0.6) is 0 Å². The first-order chi connectivity index (χ1) is 15.5. The lowest BCUT2D eigenvalue weighted by Gasteiger charge is -2.19. The van der Waals surface area contributed by atoms with Crippen LogP contribution >= 0.6 is 23.6 Å². The van der Waals surface area contributed by atoms with Crippen LogP contribution in [0.2, 0.25) is 0 Å². The molecule has 32 heavy (non-hydrogen) atoms. The maximum atomic E-state index is 13.0. The Kier molecular flexibility index (Phi) is 6.97. The number of carbonyl (C=O) groups is 1. The number of H-pyrrole nitrogens is 1. The summed E-state index contributed by atoms with van der Waals surface area (Å²) in [6.45, 7) is 4.64. The van der Waals surface area contributed by atoms with Crippen LogP contribution < -0.4 is 5.32 Å². The molecule has 4 rings (SSSR count). The molecule has 1 atom stereocenters. The number of aryl methyl sites for hydroxylation is 2. The van der Waals surface area contributed by atoms with Crippen LogP contribution in [-0.2, 0) is 17.8 Å². The van der Waals surface area contributed by atoms with E-state index < -0.39 is 0 Å². The summed E-state index contributed by atoms with van der Waals surface area (Å²) in [7, 11) is 0. The number of thiophene rings is 1. The number of aromatic amines is 1. The summed E-state index contributed by atoms with van der Waals surface area (Å²) in [4.78, 5) is 14.1. The molecule has 0 aliphatic heterocycles. The van der Waals surface area contributed by atoms with Gasteiger partial charge < -0.3 is 5.32 Å². The Morgan fingerprint density at radius 3 is 2.69 bits per heavy atom. The number of amides is 1. The second-order valence-corrected chi connectivity index (χ2v) is 9.10. The molecule has 2 aromatic heterocycles. The Morgan fingerprint density at radius 1 is 1.19 bits per heavy atom. The second-order valence-electron chi connectivity index (χ2n) is 7.73. The summed E-state index contributed by atoms with van der Waals surface area (Å²) in [5, 5.41) is 12.5. The molecule has 0 saturated heterocycles. The lowest BCUT2D eigenvalue weighted by molar-refractivity contribution is -0.121. The first-order valence-corrected chi connectivity index (χ1v) is 12.0. The minimum atomic E-state index is -0.165. The van der Waals surface area contributed by atoms with Gasteiger partial charge in [0.15, 0.2) is 10.6 Å². The molecule has 0 spiro atoms. The van der Waals surface area contributed by atoms with Crippen molar-refractivity contribution < 1.29 is 4.79 Å². The van der Waals surface area contributed by atoms with Crippen LogP contribution in [-0.4, -0.2) is 20.7 Å². The van der Waals surface area contributed by atoms with Crippen molar-refractivity contribution in [2.45, 2.75) is 39.3 Å². The van der Waals surface area contributed by atoms with Crippen molar-refractivity contribution in [2.24, 2.45) is 0 Å². The molecule has 2 heterocycles. The van der Waals surface area contributed by atoms with E-state index in [4.69, 9.17) is 12.2 Å². The van der Waals surface area contributed by atoms with Crippen molar-refractivity contribution in [1.82, 2.24) is 20.1 Å². The molecule has 4 aromatic rings. The van der Waals surface area contributed by atoms with Gasteiger partial charge in [0.2, 0.25) is 5.91 Å². The number of benzene rings is 2. The van der Waals surface area contributed by atoms with Gasteiger partial charge in [0.25, 0.3) is 0 Å². The Labute approximate surface area is 197 Å². The summed E-state index contributed by atoms with van der Waals surface area (Å²) in [6.07, 6.45) is 1.30. The van der Waals surface area contributed by atoms with Gasteiger partial charge in [-0.1, -0.05) is 61.0 Å². The zero-order chi connectivity index (χ0) is 22.5. The van der Waals surface area contributed by atoms with Gasteiger partial charge in [0.05, 0.1) is 6.04 Å². The fourth-order valence-corrected chi connectivity index (χ4v) is 4.72. The van der Waals surface area contributed by atoms with Crippen molar-refractivity contribution in [1.29, 1.82) is 0 Å². The van der Waals surface area contributed by atoms with Crippen molar-refractivity contribution in [3.63, 3.8) is 0 Å². The highest BCUT2D eigenvalue weighted by atomic mass is 32.1. The zero-order valence-electron chi connectivity index (χ0n) is 18.2. The van der Waals surface area contributed by atoms with Gasteiger partial charge >= 0.3 is 0 Å². The third kappa shape index (κ3) is 5.06. The van der Waals surface area contributed by atoms with Crippen LogP contribution in [0.25, 0.3) is 11.4 Å². The molecule has 0 bridgehead atoms. The van der Waals surface area contributed by atoms with E-state index in [0.29, 0.717) is 17.7 Å². The van der Waals surface area contributed by atoms with E-state index in [0.717, 1.165) is 33.8 Å². The van der Waals surface area contributed by atoms with Gasteiger partial charge in [-0.05, 0) is 54.2 Å². The van der Waals surface area contributed by atoms with E-state index in [-0.39, 0.29) is 11.9 Å². The molecule has 0 aliphatic carbocycles. The zero-order valence-corrected chi connectivity index (χ0v) is 19.8. The molecule has 0 aliphatic rings. The predicted octanol–water partition coefficient (Wildman–Crippen LogP) is 5.84. The molecular weight excluding hydrogens is 436 g/mol. The average Bonchev–Trinajstić information content (AvgIpc) is 3.46. The standard InChI is InChI=1S/C25H26N4OS2/c1-3-18-9-11-19(12-10-18)23(21-8-5-15-32-21)26-22(30)13-14-29-24(27-28-25(29)31)20-7-4-6-17(2)16-20/h4-12,15-16,23H,3,13-14H2,1-2H3,(H,26,30)(H,28,31). The second kappa shape index (κ2) is 10.1. The highest BCUT2D eigenvalue weighted by Gasteiger charge is 2.19. The highest BCUT2D eigenvalue weighted by molar-refractivity contribution is 7.71. The molecule has 0 fully saturated rings. The number of hydrogen-bond donors (Lipinski definition) is 2. The van der Waals surface area contributed by atoms with Gasteiger partial charge in [0.1, 0.15) is 0 Å². The number of nitrogens with one attached hydrogen (secondary N) is 2. The Hall–Kier alpha value is -3.03. The first kappa shape index (κ1) is 22.2. The smallest absolute Gasteiger partial charge is 0.222 e. The largest absolute Gasteiger partial charge is 0.344 e. The maximum Gasteiger partial charge on any atom is 0.222 e. The van der Waals surface area contributed by atoms with Gasteiger partial charge in [0, 0.05) is 23.4 Å². The van der Waals surface area contributed by atoms with Crippen LogP contribution in [0.4, 0.5) is 0 Å². The lowest BCUT2D eigenvalue weighted by Crippen LogP contribution is -2.29. The van der Waals surface area contributed by atoms with Gasteiger partial charge in [-0.15, -0.1) is 11.3 Å². The van der Waals surface area contributed by atoms with Crippen LogP contribution in [0.1, 0.15) is 41.0 Å². The average molecular weight is 463 g/mol. The van der Waals surface area contributed by atoms with E-state index in [2.05, 4.69) is 58.8 Å². The van der Waals surface area contributed by atoms with Gasteiger partial charge in [-0.2, -0.15) is 5.10 Å². The molecule has 1 unspecified atom stereocenters. The fraction of sp³-hybridized carbons (Fsp3) is 0.240. The Balaban J connectivity index is 1.50. The number of hydrogen-bond acceptors (Lipinski definition) is 4. The third-order valence-corrected chi connectivity index (χ3v) is 6.70. The number of rotatable bonds is 8. The topological polar surface area (TPSA) is 62.7 Å². The predicted molar refractivity (Wildman–Crippen MR) is 132 cm³/mol. The van der Waals surface area contributed by atoms with E-state index in [1.807, 2.05) is 41.1 Å². The molecule has 0 saturated carbocycles. The SMILES string of the molecule is CCc1ccc(C(NC(=O)CCn2c(-c3cccc(C)c3)n[nH]c2=S)c2cccs2)cc1. The quantitative estimate of drug-likeness (QED) is 0.324. The van der Waals surface area contributed by atoms with Crippen molar-refractivity contribution in [3.05, 3.63) is 92.4 Å². The van der Waals surface area contributed by atoms with Crippen molar-refractivity contribution >= 4 is 29.5 Å². The van der Waals surface area contributed by atoms with E-state index in [1.54, 1.807) is 11.3 Å². The number of carbonyl (C=O) groups excluding carboxylic acids is 1. The minimum absolute atomic E-state index is 0.0266. The molecule has 2 aromatic carbocycles. The molecule has 2 N–H and O–H groups in total. The normalized spacial score (nSPS) is 11.9. The van der Waals surface area contributed by atoms with Crippen LogP contribution in [0.3, 0.4) is 0 Å². The summed E-state index contributed by atoms with van der Waals surface area (Å²) in [6, 6.07) is 20.5. The maximum absolute atomic E-state index is 13.0. The van der Waals surface area contributed by atoms with E-state index in [9.17, 15) is 4.79 Å². The summed E-state index contributed by atoms with van der Waals surface area (Å²) >= 11 is 7.07. The fourth-order valence-electron chi connectivity index (χ4n) is 3.70. The summed E-state index contributed by atoms with van der Waals surface area (Å²) < 4.78 is 2.40. The Bertz CT molecular complexity index is 1240. The van der Waals surface area contributed by atoms with Gasteiger partial charge in [-0.3, -0.25) is 14.5 Å². The summed E-state index contributed by atoms with van der Waals surface area (Å²) in [5.41, 5.74) is 4.49. The van der Waals surface area contributed by atoms with Crippen LogP contribution in [0.15, 0.2) is 66.0 Å². The molecule has 5 nitrogen and oxygen atoms in total. The number of aromatic nitrogens is 3.